The van der Waals surface area contributed by atoms with E-state index in [1.54, 1.807) is 17.4 Å². The number of thiophene rings is 1. The van der Waals surface area contributed by atoms with Crippen LogP contribution in [0.1, 0.15) is 16.2 Å². The third-order valence-corrected chi connectivity index (χ3v) is 4.10. The lowest BCUT2D eigenvalue weighted by atomic mass is 10.1. The van der Waals surface area contributed by atoms with Gasteiger partial charge in [-0.1, -0.05) is 0 Å². The number of hydrogen-bond acceptors (Lipinski definition) is 4. The summed E-state index contributed by atoms with van der Waals surface area (Å²) in [6.45, 7) is 2.63. The van der Waals surface area contributed by atoms with Crippen molar-refractivity contribution in [3.63, 3.8) is 0 Å². The van der Waals surface area contributed by atoms with Gasteiger partial charge in [0.25, 0.3) is 0 Å². The summed E-state index contributed by atoms with van der Waals surface area (Å²) in [6, 6.07) is 2.91. The minimum absolute atomic E-state index is 0.316. The molecule has 1 fully saturated rings. The highest BCUT2D eigenvalue weighted by Crippen LogP contribution is 2.17. The molecule has 0 aliphatic carbocycles. The Morgan fingerprint density at radius 1 is 1.52 bits per heavy atom. The first-order valence-corrected chi connectivity index (χ1v) is 7.33. The van der Waals surface area contributed by atoms with Crippen molar-refractivity contribution in [1.29, 1.82) is 0 Å². The van der Waals surface area contributed by atoms with Gasteiger partial charge in [-0.25, -0.2) is 0 Å². The van der Waals surface area contributed by atoms with E-state index in [1.807, 2.05) is 19.1 Å². The van der Waals surface area contributed by atoms with Crippen LogP contribution in [0.3, 0.4) is 0 Å². The molecule has 0 spiro atoms. The van der Waals surface area contributed by atoms with Gasteiger partial charge in [0, 0.05) is 28.9 Å². The molecule has 1 aromatic rings. The molecule has 2 N–H and O–H groups in total. The number of carbonyl (C=O) groups excluding carboxylic acids is 2. The molecule has 6 nitrogen and oxygen atoms in total. The van der Waals surface area contributed by atoms with Crippen LogP contribution in [-0.2, 0) is 14.4 Å². The summed E-state index contributed by atoms with van der Waals surface area (Å²) in [5.41, 5.74) is 0. The first kappa shape index (κ1) is 15.2. The van der Waals surface area contributed by atoms with Gasteiger partial charge in [-0.15, -0.1) is 11.3 Å². The third kappa shape index (κ3) is 3.91. The van der Waals surface area contributed by atoms with Crippen molar-refractivity contribution < 1.29 is 19.5 Å². The highest BCUT2D eigenvalue weighted by Gasteiger charge is 2.33. The SMILES string of the molecule is Cc1ccc(C=CC(=O)N2CCNC(=O)C2CC(=O)O)s1. The van der Waals surface area contributed by atoms with E-state index >= 15 is 0 Å². The fourth-order valence-electron chi connectivity index (χ4n) is 2.14. The quantitative estimate of drug-likeness (QED) is 0.808. The second kappa shape index (κ2) is 6.53. The number of hydrogen-bond donors (Lipinski definition) is 2. The van der Waals surface area contributed by atoms with Crippen molar-refractivity contribution in [3.8, 4) is 0 Å². The molecule has 1 saturated heterocycles. The maximum absolute atomic E-state index is 12.2. The zero-order chi connectivity index (χ0) is 15.4. The fourth-order valence-corrected chi connectivity index (χ4v) is 2.92. The molecule has 0 aromatic carbocycles. The largest absolute Gasteiger partial charge is 0.481 e. The number of nitrogens with zero attached hydrogens (tertiary/aromatic N) is 1. The van der Waals surface area contributed by atoms with Crippen LogP contribution in [0.15, 0.2) is 18.2 Å². The number of nitrogens with one attached hydrogen (secondary N) is 1. The van der Waals surface area contributed by atoms with Gasteiger partial charge < -0.3 is 15.3 Å². The molecule has 1 aliphatic heterocycles. The van der Waals surface area contributed by atoms with Gasteiger partial charge in [-0.05, 0) is 25.1 Å². The normalized spacial score (nSPS) is 18.8. The molecule has 1 atom stereocenters. The van der Waals surface area contributed by atoms with Crippen LogP contribution < -0.4 is 5.32 Å². The van der Waals surface area contributed by atoms with Crippen LogP contribution in [-0.4, -0.2) is 46.9 Å². The molecule has 1 aliphatic rings. The highest BCUT2D eigenvalue weighted by atomic mass is 32.1. The van der Waals surface area contributed by atoms with E-state index in [0.717, 1.165) is 9.75 Å². The van der Waals surface area contributed by atoms with Crippen LogP contribution in [0.5, 0.6) is 0 Å². The maximum Gasteiger partial charge on any atom is 0.305 e. The molecule has 7 heteroatoms. The zero-order valence-corrected chi connectivity index (χ0v) is 12.4. The highest BCUT2D eigenvalue weighted by molar-refractivity contribution is 7.12. The number of carboxylic acids is 1. The molecule has 2 heterocycles. The minimum atomic E-state index is -1.10. The van der Waals surface area contributed by atoms with Crippen LogP contribution in [0.25, 0.3) is 6.08 Å². The van der Waals surface area contributed by atoms with Crippen LogP contribution >= 0.6 is 11.3 Å². The van der Waals surface area contributed by atoms with Crippen molar-refractivity contribution in [2.75, 3.05) is 13.1 Å². The minimum Gasteiger partial charge on any atom is -0.481 e. The van der Waals surface area contributed by atoms with Gasteiger partial charge in [-0.3, -0.25) is 14.4 Å². The van der Waals surface area contributed by atoms with Gasteiger partial charge in [-0.2, -0.15) is 0 Å². The predicted octanol–water partition coefficient (Wildman–Crippen LogP) is 0.871. The van der Waals surface area contributed by atoms with E-state index in [0.29, 0.717) is 13.1 Å². The number of carboxylic acid groups (broad SMARTS) is 1. The Labute approximate surface area is 126 Å². The van der Waals surface area contributed by atoms with E-state index in [1.165, 1.54) is 11.0 Å². The Bertz CT molecular complexity index is 594. The average Bonchev–Trinajstić information content (AvgIpc) is 2.84. The smallest absolute Gasteiger partial charge is 0.305 e. The Morgan fingerprint density at radius 3 is 2.90 bits per heavy atom. The molecule has 0 saturated carbocycles. The standard InChI is InChI=1S/C14H16N2O4S/c1-9-2-3-10(21-9)4-5-12(17)16-7-6-15-14(20)11(16)8-13(18)19/h2-5,11H,6-8H2,1H3,(H,15,20)(H,18,19). The summed E-state index contributed by atoms with van der Waals surface area (Å²) in [6.07, 6.45) is 2.69. The van der Waals surface area contributed by atoms with Crippen molar-refractivity contribution >= 4 is 35.2 Å². The topological polar surface area (TPSA) is 86.7 Å². The summed E-state index contributed by atoms with van der Waals surface area (Å²) >= 11 is 1.56. The second-order valence-corrected chi connectivity index (χ2v) is 6.04. The summed E-state index contributed by atoms with van der Waals surface area (Å²) < 4.78 is 0. The summed E-state index contributed by atoms with van der Waals surface area (Å²) in [7, 11) is 0. The number of aryl methyl sites for hydroxylation is 1. The number of amides is 2. The molecule has 0 bridgehead atoms. The Kier molecular flexibility index (Phi) is 4.74. The second-order valence-electron chi connectivity index (χ2n) is 4.72. The van der Waals surface area contributed by atoms with Crippen LogP contribution in [0.4, 0.5) is 0 Å². The summed E-state index contributed by atoms with van der Waals surface area (Å²) in [4.78, 5) is 38.1. The fraction of sp³-hybridized carbons (Fsp3) is 0.357. The van der Waals surface area contributed by atoms with Gasteiger partial charge in [0.2, 0.25) is 11.8 Å². The maximum atomic E-state index is 12.2. The van der Waals surface area contributed by atoms with E-state index in [2.05, 4.69) is 5.32 Å². The number of carbonyl (C=O) groups is 3. The van der Waals surface area contributed by atoms with E-state index < -0.39 is 17.9 Å². The number of aliphatic carboxylic acids is 1. The lowest BCUT2D eigenvalue weighted by molar-refractivity contribution is -0.146. The van der Waals surface area contributed by atoms with Crippen molar-refractivity contribution in [2.45, 2.75) is 19.4 Å². The Balaban J connectivity index is 2.09. The summed E-state index contributed by atoms with van der Waals surface area (Å²) in [5.74, 6) is -1.87. The third-order valence-electron chi connectivity index (χ3n) is 3.13. The first-order valence-electron chi connectivity index (χ1n) is 6.52. The van der Waals surface area contributed by atoms with Crippen molar-refractivity contribution in [2.24, 2.45) is 0 Å². The van der Waals surface area contributed by atoms with Crippen molar-refractivity contribution in [1.82, 2.24) is 10.2 Å². The molecule has 1 aromatic heterocycles. The van der Waals surface area contributed by atoms with Crippen molar-refractivity contribution in [3.05, 3.63) is 28.0 Å². The van der Waals surface area contributed by atoms with Gasteiger partial charge in [0.1, 0.15) is 6.04 Å². The molecule has 112 valence electrons. The first-order chi connectivity index (χ1) is 9.97. The Morgan fingerprint density at radius 2 is 2.29 bits per heavy atom. The van der Waals surface area contributed by atoms with Gasteiger partial charge in [0.15, 0.2) is 0 Å². The van der Waals surface area contributed by atoms with E-state index in [-0.39, 0.29) is 12.3 Å². The molecule has 1 unspecified atom stereocenters. The predicted molar refractivity (Wildman–Crippen MR) is 78.9 cm³/mol. The lowest BCUT2D eigenvalue weighted by Crippen LogP contribution is -2.57. The van der Waals surface area contributed by atoms with Crippen LogP contribution in [0.2, 0.25) is 0 Å². The molecule has 21 heavy (non-hydrogen) atoms. The van der Waals surface area contributed by atoms with E-state index in [4.69, 9.17) is 5.11 Å². The van der Waals surface area contributed by atoms with Crippen LogP contribution in [0, 0.1) is 6.92 Å². The zero-order valence-electron chi connectivity index (χ0n) is 11.5. The summed E-state index contributed by atoms with van der Waals surface area (Å²) in [5, 5.41) is 11.4. The number of piperazine rings is 1. The van der Waals surface area contributed by atoms with Gasteiger partial charge >= 0.3 is 5.97 Å². The molecule has 2 amide bonds. The molecular weight excluding hydrogens is 292 g/mol. The Hall–Kier alpha value is -2.15. The van der Waals surface area contributed by atoms with E-state index in [9.17, 15) is 14.4 Å². The molecule has 2 rings (SSSR count). The molecule has 0 radical (unpaired) electrons. The monoisotopic (exact) mass is 308 g/mol. The lowest BCUT2D eigenvalue weighted by Gasteiger charge is -2.33. The molecular formula is C14H16N2O4S. The van der Waals surface area contributed by atoms with Gasteiger partial charge in [0.05, 0.1) is 6.42 Å². The number of rotatable bonds is 4. The average molecular weight is 308 g/mol.